The Morgan fingerprint density at radius 1 is 1.03 bits per heavy atom. The summed E-state index contributed by atoms with van der Waals surface area (Å²) in [5.41, 5.74) is 1.08. The summed E-state index contributed by atoms with van der Waals surface area (Å²) in [5, 5.41) is 12.1. The quantitative estimate of drug-likeness (QED) is 0.185. The standard InChI is InChI=1S/C29H40N6O3/c1-2-3-4-5-6-7-8-9-10-11-12-13-14-15-19-38-29(37)34-27-32-26-24(20-30)25(22-35(26)28(36)33-27)23-17-16-18-31-21-23/h16-18,21-22H,2-15,19H2,1H3,(H2,32,33,34,36,37). The third-order valence-corrected chi connectivity index (χ3v) is 6.68. The van der Waals surface area contributed by atoms with E-state index in [-0.39, 0.29) is 17.2 Å². The Morgan fingerprint density at radius 2 is 1.66 bits per heavy atom. The zero-order chi connectivity index (χ0) is 27.0. The fourth-order valence-corrected chi connectivity index (χ4v) is 4.56. The summed E-state index contributed by atoms with van der Waals surface area (Å²) in [6, 6.07) is 5.64. The van der Waals surface area contributed by atoms with E-state index in [1.165, 1.54) is 81.2 Å². The van der Waals surface area contributed by atoms with Crippen LogP contribution in [0.15, 0.2) is 35.5 Å². The number of aromatic amines is 1. The Bertz CT molecular complexity index is 1230. The number of nitriles is 1. The van der Waals surface area contributed by atoms with Gasteiger partial charge in [-0.05, 0) is 12.5 Å². The Balaban J connectivity index is 1.33. The predicted octanol–water partition coefficient (Wildman–Crippen LogP) is 6.99. The van der Waals surface area contributed by atoms with Crippen LogP contribution in [-0.2, 0) is 4.74 Å². The van der Waals surface area contributed by atoms with Crippen LogP contribution in [0.4, 0.5) is 10.7 Å². The molecule has 0 fully saturated rings. The number of unbranched alkanes of at least 4 members (excludes halogenated alkanes) is 13. The van der Waals surface area contributed by atoms with Gasteiger partial charge in [-0.2, -0.15) is 10.2 Å². The summed E-state index contributed by atoms with van der Waals surface area (Å²) in [7, 11) is 0. The number of anilines is 1. The van der Waals surface area contributed by atoms with Crippen LogP contribution < -0.4 is 11.0 Å². The number of carbonyl (C=O) groups excluding carboxylic acids is 1. The predicted molar refractivity (Wildman–Crippen MR) is 149 cm³/mol. The number of carbonyl (C=O) groups is 1. The van der Waals surface area contributed by atoms with Crippen molar-refractivity contribution >= 4 is 17.7 Å². The molecule has 204 valence electrons. The maximum Gasteiger partial charge on any atom is 0.413 e. The van der Waals surface area contributed by atoms with Crippen LogP contribution in [0.2, 0.25) is 0 Å². The topological polar surface area (TPSA) is 125 Å². The van der Waals surface area contributed by atoms with Gasteiger partial charge < -0.3 is 4.74 Å². The Labute approximate surface area is 224 Å². The van der Waals surface area contributed by atoms with Gasteiger partial charge in [0, 0.05) is 29.7 Å². The minimum absolute atomic E-state index is 0.0687. The molecule has 3 heterocycles. The molecular weight excluding hydrogens is 480 g/mol. The molecule has 2 N–H and O–H groups in total. The number of aromatic nitrogens is 4. The molecule has 0 aromatic carbocycles. The summed E-state index contributed by atoms with van der Waals surface area (Å²) < 4.78 is 6.49. The van der Waals surface area contributed by atoms with Gasteiger partial charge in [0.2, 0.25) is 5.95 Å². The van der Waals surface area contributed by atoms with Crippen molar-refractivity contribution in [2.45, 2.75) is 96.8 Å². The van der Waals surface area contributed by atoms with Crippen molar-refractivity contribution in [1.82, 2.24) is 19.4 Å². The molecule has 0 unspecified atom stereocenters. The van der Waals surface area contributed by atoms with Gasteiger partial charge in [0.1, 0.15) is 11.6 Å². The molecule has 3 aromatic rings. The van der Waals surface area contributed by atoms with Gasteiger partial charge >= 0.3 is 11.8 Å². The molecule has 9 nitrogen and oxygen atoms in total. The summed E-state index contributed by atoms with van der Waals surface area (Å²) in [4.78, 5) is 35.6. The molecule has 1 amide bonds. The SMILES string of the molecule is CCCCCCCCCCCCCCCCOC(=O)Nc1nc2c(C#N)c(-c3cccnc3)cn2c(=O)[nH]1. The Morgan fingerprint density at radius 3 is 2.24 bits per heavy atom. The minimum Gasteiger partial charge on any atom is -0.449 e. The number of pyridine rings is 1. The van der Waals surface area contributed by atoms with Gasteiger partial charge in [0.25, 0.3) is 0 Å². The molecule has 0 radical (unpaired) electrons. The molecule has 3 rings (SSSR count). The maximum atomic E-state index is 12.6. The van der Waals surface area contributed by atoms with Crippen molar-refractivity contribution in [2.75, 3.05) is 11.9 Å². The van der Waals surface area contributed by atoms with Crippen LogP contribution in [0.5, 0.6) is 0 Å². The Hall–Kier alpha value is -3.67. The lowest BCUT2D eigenvalue weighted by Crippen LogP contribution is -2.23. The highest BCUT2D eigenvalue weighted by Crippen LogP contribution is 2.26. The third kappa shape index (κ3) is 9.02. The van der Waals surface area contributed by atoms with E-state index in [0.29, 0.717) is 17.7 Å². The van der Waals surface area contributed by atoms with E-state index in [1.54, 1.807) is 24.5 Å². The highest BCUT2D eigenvalue weighted by Gasteiger charge is 2.17. The molecule has 0 aliphatic carbocycles. The number of amides is 1. The monoisotopic (exact) mass is 520 g/mol. The molecule has 0 bridgehead atoms. The first kappa shape index (κ1) is 28.9. The Kier molecular flexibility index (Phi) is 12.3. The number of hydrogen-bond donors (Lipinski definition) is 2. The van der Waals surface area contributed by atoms with Crippen LogP contribution in [0.1, 0.15) is 102 Å². The zero-order valence-corrected chi connectivity index (χ0v) is 22.5. The van der Waals surface area contributed by atoms with Crippen molar-refractivity contribution in [3.05, 3.63) is 46.8 Å². The maximum absolute atomic E-state index is 12.6. The van der Waals surface area contributed by atoms with E-state index in [2.05, 4.69) is 33.3 Å². The molecule has 0 atom stereocenters. The van der Waals surface area contributed by atoms with Crippen LogP contribution in [0, 0.1) is 11.3 Å². The van der Waals surface area contributed by atoms with Crippen molar-refractivity contribution in [1.29, 1.82) is 5.26 Å². The summed E-state index contributed by atoms with van der Waals surface area (Å²) >= 11 is 0. The lowest BCUT2D eigenvalue weighted by molar-refractivity contribution is 0.159. The lowest BCUT2D eigenvalue weighted by Gasteiger charge is -2.07. The van der Waals surface area contributed by atoms with Gasteiger partial charge in [-0.25, -0.2) is 9.59 Å². The summed E-state index contributed by atoms with van der Waals surface area (Å²) in [6.45, 7) is 2.56. The fraction of sp³-hybridized carbons (Fsp3) is 0.552. The van der Waals surface area contributed by atoms with Crippen LogP contribution in [-0.4, -0.2) is 32.1 Å². The molecule has 0 aliphatic heterocycles. The van der Waals surface area contributed by atoms with E-state index in [4.69, 9.17) is 4.74 Å². The number of H-pyrrole nitrogens is 1. The molecule has 0 spiro atoms. The zero-order valence-electron chi connectivity index (χ0n) is 22.5. The first-order chi connectivity index (χ1) is 18.6. The number of ether oxygens (including phenoxy) is 1. The molecule has 38 heavy (non-hydrogen) atoms. The molecule has 0 aliphatic rings. The molecule has 3 aromatic heterocycles. The van der Waals surface area contributed by atoms with Crippen molar-refractivity contribution < 1.29 is 9.53 Å². The highest BCUT2D eigenvalue weighted by atomic mass is 16.5. The van der Waals surface area contributed by atoms with E-state index < -0.39 is 11.8 Å². The van der Waals surface area contributed by atoms with E-state index in [1.807, 2.05) is 0 Å². The van der Waals surface area contributed by atoms with Gasteiger partial charge in [0.05, 0.1) is 6.61 Å². The molecule has 9 heteroatoms. The second kappa shape index (κ2) is 16.2. The fourth-order valence-electron chi connectivity index (χ4n) is 4.56. The second-order valence-corrected chi connectivity index (χ2v) is 9.71. The van der Waals surface area contributed by atoms with Gasteiger partial charge in [0.15, 0.2) is 5.65 Å². The molecule has 0 saturated heterocycles. The average Bonchev–Trinajstić information content (AvgIpc) is 3.30. The molecule has 0 saturated carbocycles. The largest absolute Gasteiger partial charge is 0.449 e. The second-order valence-electron chi connectivity index (χ2n) is 9.71. The number of nitrogens with one attached hydrogen (secondary N) is 2. The summed E-state index contributed by atoms with van der Waals surface area (Å²) in [5.74, 6) is -0.0687. The third-order valence-electron chi connectivity index (χ3n) is 6.68. The van der Waals surface area contributed by atoms with Crippen LogP contribution in [0.25, 0.3) is 16.8 Å². The van der Waals surface area contributed by atoms with Crippen molar-refractivity contribution in [2.24, 2.45) is 0 Å². The van der Waals surface area contributed by atoms with Gasteiger partial charge in [-0.3, -0.25) is 19.7 Å². The van der Waals surface area contributed by atoms with Crippen LogP contribution >= 0.6 is 0 Å². The molecular formula is C29H40N6O3. The van der Waals surface area contributed by atoms with E-state index >= 15 is 0 Å². The van der Waals surface area contributed by atoms with Crippen molar-refractivity contribution in [3.63, 3.8) is 0 Å². The number of hydrogen-bond acceptors (Lipinski definition) is 6. The van der Waals surface area contributed by atoms with E-state index in [0.717, 1.165) is 19.3 Å². The van der Waals surface area contributed by atoms with Gasteiger partial charge in [-0.1, -0.05) is 96.5 Å². The normalized spacial score (nSPS) is 10.9. The average molecular weight is 521 g/mol. The van der Waals surface area contributed by atoms with Crippen molar-refractivity contribution in [3.8, 4) is 17.2 Å². The summed E-state index contributed by atoms with van der Waals surface area (Å²) in [6.07, 6.45) is 21.7. The number of rotatable bonds is 17. The minimum atomic E-state index is -0.690. The number of fused-ring (bicyclic) bond motifs is 1. The van der Waals surface area contributed by atoms with Gasteiger partial charge in [-0.15, -0.1) is 0 Å². The highest BCUT2D eigenvalue weighted by molar-refractivity contribution is 5.83. The smallest absolute Gasteiger partial charge is 0.413 e. The number of nitrogens with zero attached hydrogens (tertiary/aromatic N) is 4. The first-order valence-electron chi connectivity index (χ1n) is 14.0. The van der Waals surface area contributed by atoms with E-state index in [9.17, 15) is 14.9 Å². The lowest BCUT2D eigenvalue weighted by atomic mass is 10.0. The first-order valence-corrected chi connectivity index (χ1v) is 14.0. The van der Waals surface area contributed by atoms with Crippen LogP contribution in [0.3, 0.4) is 0 Å².